The zero-order valence-electron chi connectivity index (χ0n) is 14.8. The van der Waals surface area contributed by atoms with Crippen molar-refractivity contribution in [2.45, 2.75) is 32.9 Å². The number of aromatic nitrogens is 4. The molecule has 0 unspecified atom stereocenters. The predicted molar refractivity (Wildman–Crippen MR) is 98.2 cm³/mol. The molecule has 7 heteroatoms. The first-order valence-electron chi connectivity index (χ1n) is 8.56. The van der Waals surface area contributed by atoms with Crippen LogP contribution in [0.3, 0.4) is 0 Å². The van der Waals surface area contributed by atoms with E-state index in [2.05, 4.69) is 15.4 Å². The minimum atomic E-state index is -0.305. The molecule has 0 aliphatic carbocycles. The highest BCUT2D eigenvalue weighted by atomic mass is 16.2. The molecule has 0 fully saturated rings. The third-order valence-electron chi connectivity index (χ3n) is 4.08. The normalized spacial score (nSPS) is 11.9. The van der Waals surface area contributed by atoms with Gasteiger partial charge in [-0.05, 0) is 37.1 Å². The number of nitrogens with zero attached hydrogens (tertiary/aromatic N) is 4. The van der Waals surface area contributed by atoms with E-state index < -0.39 is 0 Å². The molecule has 1 aromatic carbocycles. The van der Waals surface area contributed by atoms with Gasteiger partial charge in [0.05, 0.1) is 12.4 Å². The van der Waals surface area contributed by atoms with Crippen LogP contribution in [0.2, 0.25) is 0 Å². The number of hydrogen-bond donors (Lipinski definition) is 1. The Balaban J connectivity index is 1.71. The number of carbonyl (C=O) groups is 1. The zero-order valence-corrected chi connectivity index (χ0v) is 14.8. The van der Waals surface area contributed by atoms with E-state index in [1.165, 1.54) is 16.8 Å². The summed E-state index contributed by atoms with van der Waals surface area (Å²) in [7, 11) is 0. The highest BCUT2D eigenvalue weighted by Crippen LogP contribution is 2.16. The Bertz CT molecular complexity index is 929. The van der Waals surface area contributed by atoms with Crippen molar-refractivity contribution in [3.8, 4) is 5.69 Å². The van der Waals surface area contributed by atoms with Gasteiger partial charge in [0.25, 0.3) is 11.5 Å². The molecule has 0 radical (unpaired) electrons. The number of rotatable bonds is 6. The van der Waals surface area contributed by atoms with E-state index in [9.17, 15) is 9.59 Å². The first kappa shape index (κ1) is 17.6. The fourth-order valence-corrected chi connectivity index (χ4v) is 2.64. The Labute approximate surface area is 151 Å². The Morgan fingerprint density at radius 2 is 1.96 bits per heavy atom. The summed E-state index contributed by atoms with van der Waals surface area (Å²) in [5, 5.41) is 7.06. The first-order valence-corrected chi connectivity index (χ1v) is 8.56. The smallest absolute Gasteiger partial charge is 0.272 e. The number of benzene rings is 1. The summed E-state index contributed by atoms with van der Waals surface area (Å²) in [4.78, 5) is 28.2. The van der Waals surface area contributed by atoms with Gasteiger partial charge in [0.15, 0.2) is 0 Å². The van der Waals surface area contributed by atoms with E-state index in [0.717, 1.165) is 17.7 Å². The fourth-order valence-electron chi connectivity index (χ4n) is 2.64. The van der Waals surface area contributed by atoms with Crippen LogP contribution in [0, 0.1) is 0 Å². The van der Waals surface area contributed by atoms with Gasteiger partial charge in [-0.25, -0.2) is 9.67 Å². The van der Waals surface area contributed by atoms with Gasteiger partial charge in [0.2, 0.25) is 0 Å². The van der Waals surface area contributed by atoms with Gasteiger partial charge >= 0.3 is 0 Å². The number of imidazole rings is 1. The van der Waals surface area contributed by atoms with E-state index in [0.29, 0.717) is 6.54 Å². The number of carbonyl (C=O) groups excluding carboxylic acids is 1. The Morgan fingerprint density at radius 1 is 1.19 bits per heavy atom. The molecule has 7 nitrogen and oxygen atoms in total. The lowest BCUT2D eigenvalue weighted by Crippen LogP contribution is -2.31. The van der Waals surface area contributed by atoms with Crippen molar-refractivity contribution in [2.24, 2.45) is 0 Å². The van der Waals surface area contributed by atoms with Crippen LogP contribution in [-0.2, 0) is 6.54 Å². The van der Waals surface area contributed by atoms with Crippen molar-refractivity contribution < 1.29 is 4.79 Å². The molecule has 26 heavy (non-hydrogen) atoms. The molecule has 134 valence electrons. The molecular formula is C19H21N5O2. The van der Waals surface area contributed by atoms with Crippen molar-refractivity contribution in [1.29, 1.82) is 0 Å². The SMILES string of the molecule is CCCn1nc(C(=O)N[C@@H](C)c2ccc(-n3ccnc3)cc2)ccc1=O. The van der Waals surface area contributed by atoms with E-state index in [4.69, 9.17) is 0 Å². The molecule has 1 atom stereocenters. The molecule has 3 rings (SSSR count). The van der Waals surface area contributed by atoms with Crippen LogP contribution in [0.25, 0.3) is 5.69 Å². The standard InChI is InChI=1S/C19H21N5O2/c1-3-11-24-18(25)9-8-17(22-24)19(26)21-14(2)15-4-6-16(7-5-15)23-12-10-20-13-23/h4-10,12-14H,3,11H2,1-2H3,(H,21,26)/t14-/m0/s1. The number of hydrogen-bond acceptors (Lipinski definition) is 4. The highest BCUT2D eigenvalue weighted by molar-refractivity contribution is 5.92. The molecule has 2 heterocycles. The lowest BCUT2D eigenvalue weighted by Gasteiger charge is -2.15. The largest absolute Gasteiger partial charge is 0.344 e. The third kappa shape index (κ3) is 3.88. The van der Waals surface area contributed by atoms with Crippen LogP contribution < -0.4 is 10.9 Å². The molecule has 1 N–H and O–H groups in total. The summed E-state index contributed by atoms with van der Waals surface area (Å²) < 4.78 is 3.23. The van der Waals surface area contributed by atoms with E-state index in [-0.39, 0.29) is 23.2 Å². The number of nitrogens with one attached hydrogen (secondary N) is 1. The first-order chi connectivity index (χ1) is 12.6. The van der Waals surface area contributed by atoms with Gasteiger partial charge in [0, 0.05) is 30.7 Å². The Kier molecular flexibility index (Phi) is 5.26. The van der Waals surface area contributed by atoms with Crippen molar-refractivity contribution in [1.82, 2.24) is 24.6 Å². The molecule has 0 aliphatic heterocycles. The Hall–Kier alpha value is -3.22. The number of amides is 1. The molecule has 0 saturated heterocycles. The summed E-state index contributed by atoms with van der Waals surface area (Å²) >= 11 is 0. The molecule has 0 bridgehead atoms. The second-order valence-electron chi connectivity index (χ2n) is 6.04. The highest BCUT2D eigenvalue weighted by Gasteiger charge is 2.14. The maximum absolute atomic E-state index is 12.4. The van der Waals surface area contributed by atoms with Crippen molar-refractivity contribution >= 4 is 5.91 Å². The molecule has 1 amide bonds. The summed E-state index contributed by atoms with van der Waals surface area (Å²) in [6.07, 6.45) is 6.10. The molecule has 0 aliphatic rings. The van der Waals surface area contributed by atoms with Crippen LogP contribution >= 0.6 is 0 Å². The van der Waals surface area contributed by atoms with Gasteiger partial charge in [0.1, 0.15) is 5.69 Å². The average molecular weight is 351 g/mol. The second kappa shape index (κ2) is 7.77. The molecular weight excluding hydrogens is 330 g/mol. The summed E-state index contributed by atoms with van der Waals surface area (Å²) in [6.45, 7) is 4.35. The Morgan fingerprint density at radius 3 is 2.62 bits per heavy atom. The maximum atomic E-state index is 12.4. The molecule has 2 aromatic heterocycles. The minimum absolute atomic E-state index is 0.187. The summed E-state index contributed by atoms with van der Waals surface area (Å²) in [5.74, 6) is -0.305. The van der Waals surface area contributed by atoms with Gasteiger partial charge in [-0.2, -0.15) is 5.10 Å². The maximum Gasteiger partial charge on any atom is 0.272 e. The summed E-state index contributed by atoms with van der Waals surface area (Å²) in [6, 6.07) is 10.5. The molecule has 0 spiro atoms. The number of aryl methyl sites for hydroxylation is 1. The third-order valence-corrected chi connectivity index (χ3v) is 4.08. The van der Waals surface area contributed by atoms with Gasteiger partial charge in [-0.3, -0.25) is 9.59 Å². The predicted octanol–water partition coefficient (Wildman–Crippen LogP) is 2.33. The van der Waals surface area contributed by atoms with Gasteiger partial charge in [-0.1, -0.05) is 19.1 Å². The summed E-state index contributed by atoms with van der Waals surface area (Å²) in [5.41, 5.74) is 2.01. The van der Waals surface area contributed by atoms with E-state index >= 15 is 0 Å². The van der Waals surface area contributed by atoms with Crippen LogP contribution in [0.4, 0.5) is 0 Å². The van der Waals surface area contributed by atoms with Crippen LogP contribution in [0.5, 0.6) is 0 Å². The van der Waals surface area contributed by atoms with E-state index in [1.807, 2.05) is 48.9 Å². The lowest BCUT2D eigenvalue weighted by atomic mass is 10.1. The van der Waals surface area contributed by atoms with Crippen LogP contribution in [0.15, 0.2) is 59.9 Å². The van der Waals surface area contributed by atoms with Crippen molar-refractivity contribution in [2.75, 3.05) is 0 Å². The lowest BCUT2D eigenvalue weighted by molar-refractivity contribution is 0.0932. The zero-order chi connectivity index (χ0) is 18.5. The quantitative estimate of drug-likeness (QED) is 0.739. The molecule has 3 aromatic rings. The van der Waals surface area contributed by atoms with E-state index in [1.54, 1.807) is 12.5 Å². The fraction of sp³-hybridized carbons (Fsp3) is 0.263. The monoisotopic (exact) mass is 351 g/mol. The van der Waals surface area contributed by atoms with Crippen LogP contribution in [-0.4, -0.2) is 25.2 Å². The average Bonchev–Trinajstić information content (AvgIpc) is 3.18. The second-order valence-corrected chi connectivity index (χ2v) is 6.04. The topological polar surface area (TPSA) is 81.8 Å². The van der Waals surface area contributed by atoms with Crippen molar-refractivity contribution in [3.05, 3.63) is 76.7 Å². The van der Waals surface area contributed by atoms with Gasteiger partial charge in [-0.15, -0.1) is 0 Å². The van der Waals surface area contributed by atoms with Crippen molar-refractivity contribution in [3.63, 3.8) is 0 Å². The van der Waals surface area contributed by atoms with Crippen LogP contribution in [0.1, 0.15) is 42.4 Å². The van der Waals surface area contributed by atoms with Gasteiger partial charge < -0.3 is 9.88 Å². The minimum Gasteiger partial charge on any atom is -0.344 e. The molecule has 0 saturated carbocycles.